The molecule has 0 aromatic carbocycles. The van der Waals surface area contributed by atoms with E-state index in [9.17, 15) is 9.59 Å². The van der Waals surface area contributed by atoms with Gasteiger partial charge >= 0.3 is 0 Å². The molecule has 0 radical (unpaired) electrons. The van der Waals surface area contributed by atoms with Crippen molar-refractivity contribution in [2.45, 2.75) is 39.4 Å². The van der Waals surface area contributed by atoms with Crippen LogP contribution in [0.15, 0.2) is 4.79 Å². The van der Waals surface area contributed by atoms with Gasteiger partial charge in [0, 0.05) is 4.88 Å². The Morgan fingerprint density at radius 2 is 2.23 bits per heavy atom. The second-order valence-electron chi connectivity index (χ2n) is 5.51. The Morgan fingerprint density at radius 1 is 1.50 bits per heavy atom. The van der Waals surface area contributed by atoms with E-state index in [0.29, 0.717) is 17.5 Å². The smallest absolute Gasteiger partial charge is 0.259 e. The van der Waals surface area contributed by atoms with E-state index in [1.807, 2.05) is 6.92 Å². The Bertz CT molecular complexity index is 736. The molecule has 5 nitrogen and oxygen atoms in total. The first-order valence-corrected chi connectivity index (χ1v) is 9.26. The monoisotopic (exact) mass is 339 g/mol. The van der Waals surface area contributed by atoms with Crippen molar-refractivity contribution in [3.05, 3.63) is 26.6 Å². The molecule has 1 atom stereocenters. The first kappa shape index (κ1) is 17.0. The molecule has 2 aromatic rings. The molecule has 3 N–H and O–H groups in total. The molecule has 7 heteroatoms. The average Bonchev–Trinajstić information content (AvgIpc) is 2.74. The zero-order valence-corrected chi connectivity index (χ0v) is 14.7. The molecule has 0 fully saturated rings. The van der Waals surface area contributed by atoms with Crippen LogP contribution in [0.25, 0.3) is 10.2 Å². The van der Waals surface area contributed by atoms with Crippen molar-refractivity contribution in [3.63, 3.8) is 0 Å². The minimum atomic E-state index is -0.365. The fourth-order valence-corrected chi connectivity index (χ4v) is 3.98. The van der Waals surface area contributed by atoms with Crippen molar-refractivity contribution in [1.82, 2.24) is 9.97 Å². The summed E-state index contributed by atoms with van der Waals surface area (Å²) in [5, 5.41) is 0.728. The van der Waals surface area contributed by atoms with E-state index in [2.05, 4.69) is 23.8 Å². The van der Waals surface area contributed by atoms with Gasteiger partial charge in [-0.15, -0.1) is 23.1 Å². The summed E-state index contributed by atoms with van der Waals surface area (Å²) >= 11 is 2.92. The number of primary amides is 1. The topological polar surface area (TPSA) is 88.8 Å². The Morgan fingerprint density at radius 3 is 2.86 bits per heavy atom. The van der Waals surface area contributed by atoms with E-state index in [1.165, 1.54) is 11.8 Å². The molecule has 0 bridgehead atoms. The van der Waals surface area contributed by atoms with Crippen LogP contribution in [-0.4, -0.2) is 21.6 Å². The van der Waals surface area contributed by atoms with Crippen molar-refractivity contribution >= 4 is 39.2 Å². The molecule has 2 rings (SSSR count). The Hall–Kier alpha value is -1.34. The van der Waals surface area contributed by atoms with Gasteiger partial charge in [-0.1, -0.05) is 20.3 Å². The fraction of sp³-hybridized carbons (Fsp3) is 0.533. The summed E-state index contributed by atoms with van der Waals surface area (Å²) in [4.78, 5) is 32.5. The van der Waals surface area contributed by atoms with E-state index >= 15 is 0 Å². The largest absolute Gasteiger partial charge is 0.369 e. The van der Waals surface area contributed by atoms with Crippen molar-refractivity contribution in [2.75, 3.05) is 5.75 Å². The molecule has 0 aliphatic carbocycles. The van der Waals surface area contributed by atoms with Crippen LogP contribution < -0.4 is 11.3 Å². The lowest BCUT2D eigenvalue weighted by atomic mass is 9.98. The van der Waals surface area contributed by atoms with E-state index in [1.54, 1.807) is 11.3 Å². The maximum atomic E-state index is 12.4. The van der Waals surface area contributed by atoms with E-state index in [0.717, 1.165) is 33.5 Å². The van der Waals surface area contributed by atoms with Gasteiger partial charge in [0.1, 0.15) is 10.7 Å². The maximum absolute atomic E-state index is 12.4. The fourth-order valence-electron chi connectivity index (χ4n) is 2.27. The van der Waals surface area contributed by atoms with Gasteiger partial charge in [0.2, 0.25) is 5.91 Å². The number of amides is 1. The summed E-state index contributed by atoms with van der Waals surface area (Å²) in [6.45, 7) is 6.40. The van der Waals surface area contributed by atoms with Gasteiger partial charge in [0.05, 0.1) is 16.9 Å². The standard InChI is InChI=1S/C15H21N3O2S2/c1-4-8(2)5-10-9(3)22-15-13(10)14(20)17-12(18-15)7-21-6-11(16)19/h8H,4-7H2,1-3H3,(H2,16,19)(H,17,18,20)/t8-/m1/s1. The predicted molar refractivity (Wildman–Crippen MR) is 93.5 cm³/mol. The number of nitrogens with two attached hydrogens (primary N) is 1. The van der Waals surface area contributed by atoms with E-state index in [-0.39, 0.29) is 17.2 Å². The number of thiophene rings is 1. The molecule has 120 valence electrons. The number of fused-ring (bicyclic) bond motifs is 1. The Labute approximate surface area is 137 Å². The highest BCUT2D eigenvalue weighted by molar-refractivity contribution is 7.99. The minimum Gasteiger partial charge on any atom is -0.369 e. The van der Waals surface area contributed by atoms with Gasteiger partial charge in [-0.3, -0.25) is 9.59 Å². The summed E-state index contributed by atoms with van der Waals surface area (Å²) in [5.41, 5.74) is 6.15. The number of hydrogen-bond acceptors (Lipinski definition) is 5. The molecule has 1 amide bonds. The summed E-state index contributed by atoms with van der Waals surface area (Å²) in [5.74, 6) is 1.48. The first-order valence-electron chi connectivity index (χ1n) is 7.29. The maximum Gasteiger partial charge on any atom is 0.259 e. The van der Waals surface area contributed by atoms with Crippen LogP contribution >= 0.6 is 23.1 Å². The third kappa shape index (κ3) is 3.89. The lowest BCUT2D eigenvalue weighted by Crippen LogP contribution is -2.15. The normalized spacial score (nSPS) is 12.7. The van der Waals surface area contributed by atoms with Crippen LogP contribution in [0.4, 0.5) is 0 Å². The number of carbonyl (C=O) groups excluding carboxylic acids is 1. The van der Waals surface area contributed by atoms with Crippen LogP contribution in [0.3, 0.4) is 0 Å². The highest BCUT2D eigenvalue weighted by Gasteiger charge is 2.16. The summed E-state index contributed by atoms with van der Waals surface area (Å²) in [7, 11) is 0. The van der Waals surface area contributed by atoms with Crippen LogP contribution in [-0.2, 0) is 17.0 Å². The van der Waals surface area contributed by atoms with Crippen molar-refractivity contribution in [1.29, 1.82) is 0 Å². The number of aryl methyl sites for hydroxylation is 1. The SMILES string of the molecule is CC[C@@H](C)Cc1c(C)sc2nc(CSCC(N)=O)[nH]c(=O)c12. The lowest BCUT2D eigenvalue weighted by molar-refractivity contribution is -0.115. The van der Waals surface area contributed by atoms with Crippen LogP contribution in [0.2, 0.25) is 0 Å². The zero-order valence-electron chi connectivity index (χ0n) is 13.1. The number of rotatable bonds is 7. The molecule has 2 aromatic heterocycles. The Balaban J connectivity index is 2.32. The third-order valence-electron chi connectivity index (χ3n) is 3.64. The van der Waals surface area contributed by atoms with Crippen molar-refractivity contribution < 1.29 is 4.79 Å². The van der Waals surface area contributed by atoms with Gasteiger partial charge in [-0.05, 0) is 24.8 Å². The minimum absolute atomic E-state index is 0.0812. The first-order chi connectivity index (χ1) is 10.4. The lowest BCUT2D eigenvalue weighted by Gasteiger charge is -2.08. The summed E-state index contributed by atoms with van der Waals surface area (Å²) in [6, 6.07) is 0. The number of thioether (sulfide) groups is 1. The van der Waals surface area contributed by atoms with Crippen LogP contribution in [0, 0.1) is 12.8 Å². The molecule has 0 spiro atoms. The summed E-state index contributed by atoms with van der Waals surface area (Å²) in [6.07, 6.45) is 1.99. The number of hydrogen-bond donors (Lipinski definition) is 2. The molecular weight excluding hydrogens is 318 g/mol. The zero-order chi connectivity index (χ0) is 16.3. The second kappa shape index (κ2) is 7.28. The average molecular weight is 339 g/mol. The second-order valence-corrected chi connectivity index (χ2v) is 7.70. The van der Waals surface area contributed by atoms with Crippen LogP contribution in [0.1, 0.15) is 36.5 Å². The molecule has 0 saturated carbocycles. The van der Waals surface area contributed by atoms with Gasteiger partial charge in [0.15, 0.2) is 0 Å². The molecule has 2 heterocycles. The number of carbonyl (C=O) groups is 1. The van der Waals surface area contributed by atoms with Gasteiger partial charge < -0.3 is 10.7 Å². The molecule has 0 saturated heterocycles. The molecule has 0 aliphatic heterocycles. The quantitative estimate of drug-likeness (QED) is 0.811. The highest BCUT2D eigenvalue weighted by atomic mass is 32.2. The number of aromatic amines is 1. The van der Waals surface area contributed by atoms with Gasteiger partial charge in [-0.2, -0.15) is 0 Å². The highest BCUT2D eigenvalue weighted by Crippen LogP contribution is 2.29. The van der Waals surface area contributed by atoms with Gasteiger partial charge in [0.25, 0.3) is 5.56 Å². The van der Waals surface area contributed by atoms with Crippen molar-refractivity contribution in [3.8, 4) is 0 Å². The number of H-pyrrole nitrogens is 1. The van der Waals surface area contributed by atoms with Crippen molar-refractivity contribution in [2.24, 2.45) is 11.7 Å². The number of aromatic nitrogens is 2. The van der Waals surface area contributed by atoms with Gasteiger partial charge in [-0.25, -0.2) is 4.98 Å². The predicted octanol–water partition coefficient (Wildman–Crippen LogP) is 2.60. The summed E-state index contributed by atoms with van der Waals surface area (Å²) < 4.78 is 0. The molecule has 0 aliphatic rings. The van der Waals surface area contributed by atoms with Crippen LogP contribution in [0.5, 0.6) is 0 Å². The molecular formula is C15H21N3O2S2. The van der Waals surface area contributed by atoms with E-state index < -0.39 is 0 Å². The molecule has 0 unspecified atom stereocenters. The van der Waals surface area contributed by atoms with E-state index in [4.69, 9.17) is 5.73 Å². The number of nitrogens with zero attached hydrogens (tertiary/aromatic N) is 1. The molecule has 22 heavy (non-hydrogen) atoms. The Kier molecular flexibility index (Phi) is 5.63. The third-order valence-corrected chi connectivity index (χ3v) is 5.65. The number of nitrogens with one attached hydrogen (secondary N) is 1.